The van der Waals surface area contributed by atoms with E-state index >= 15 is 0 Å². The predicted molar refractivity (Wildman–Crippen MR) is 232 cm³/mol. The van der Waals surface area contributed by atoms with Gasteiger partial charge in [-0.25, -0.2) is 19.7 Å². The van der Waals surface area contributed by atoms with Gasteiger partial charge in [0.1, 0.15) is 48.0 Å². The van der Waals surface area contributed by atoms with Gasteiger partial charge in [-0.3, -0.25) is 24.0 Å². The van der Waals surface area contributed by atoms with Crippen LogP contribution >= 0.6 is 0 Å². The van der Waals surface area contributed by atoms with Crippen LogP contribution in [0.2, 0.25) is 0 Å². The molecule has 21 nitrogen and oxygen atoms in total. The van der Waals surface area contributed by atoms with E-state index in [0.29, 0.717) is 25.7 Å². The molecule has 0 radical (unpaired) electrons. The summed E-state index contributed by atoms with van der Waals surface area (Å²) < 4.78 is 11.1. The lowest BCUT2D eigenvalue weighted by Crippen LogP contribution is -2.60. The summed E-state index contributed by atoms with van der Waals surface area (Å²) in [5, 5.41) is 23.3. The highest BCUT2D eigenvalue weighted by atomic mass is 16.7. The first-order valence-corrected chi connectivity index (χ1v) is 21.6. The molecule has 2 fully saturated rings. The summed E-state index contributed by atoms with van der Waals surface area (Å²) in [5.41, 5.74) is 12.0. The summed E-state index contributed by atoms with van der Waals surface area (Å²) in [5.74, 6) is -4.92. The lowest BCUT2D eigenvalue weighted by atomic mass is 10.0. The van der Waals surface area contributed by atoms with Gasteiger partial charge in [0.2, 0.25) is 29.5 Å². The predicted octanol–water partition coefficient (Wildman–Crippen LogP) is 0.827. The molecule has 0 aliphatic carbocycles. The van der Waals surface area contributed by atoms with Crippen LogP contribution in [0.3, 0.4) is 0 Å². The average Bonchev–Trinajstić information content (AvgIpc) is 3.99. The number of hydrogen-bond donors (Lipinski definition) is 6. The van der Waals surface area contributed by atoms with Crippen LogP contribution in [0, 0.1) is 10.1 Å². The second-order valence-corrected chi connectivity index (χ2v) is 15.6. The molecule has 4 rings (SSSR count). The lowest BCUT2D eigenvalue weighted by Gasteiger charge is -2.34. The molecule has 2 aromatic carbocycles. The van der Waals surface area contributed by atoms with Crippen molar-refractivity contribution in [1.82, 2.24) is 31.1 Å². The zero-order valence-corrected chi connectivity index (χ0v) is 36.3. The zero-order valence-electron chi connectivity index (χ0n) is 36.3. The van der Waals surface area contributed by atoms with E-state index in [2.05, 4.69) is 26.4 Å². The van der Waals surface area contributed by atoms with Gasteiger partial charge in [-0.2, -0.15) is 0 Å². The Labute approximate surface area is 371 Å². The van der Waals surface area contributed by atoms with Gasteiger partial charge in [-0.15, -0.1) is 0 Å². The van der Waals surface area contributed by atoms with Crippen molar-refractivity contribution >= 4 is 47.4 Å². The number of carbonyl (C=O) groups is 7. The highest BCUT2D eigenvalue weighted by Gasteiger charge is 2.44. The van der Waals surface area contributed by atoms with Crippen LogP contribution in [-0.2, 0) is 44.8 Å². The van der Waals surface area contributed by atoms with E-state index in [4.69, 9.17) is 20.9 Å². The fourth-order valence-corrected chi connectivity index (χ4v) is 7.60. The summed E-state index contributed by atoms with van der Waals surface area (Å²) in [6.45, 7) is 3.42. The maximum absolute atomic E-state index is 14.4. The third-order valence-electron chi connectivity index (χ3n) is 10.9. The molecule has 6 atom stereocenters. The number of rotatable bonds is 23. The number of nitrogens with zero attached hydrogens (tertiary/aromatic N) is 4. The van der Waals surface area contributed by atoms with Gasteiger partial charge in [0.05, 0.1) is 12.1 Å². The Bertz CT molecular complexity index is 1950. The van der Waals surface area contributed by atoms with E-state index in [0.717, 1.165) is 18.4 Å². The van der Waals surface area contributed by atoms with Crippen molar-refractivity contribution in [3.63, 3.8) is 0 Å². The van der Waals surface area contributed by atoms with E-state index in [1.165, 1.54) is 28.9 Å². The van der Waals surface area contributed by atoms with Crippen LogP contribution in [0.5, 0.6) is 0 Å². The molecule has 21 heteroatoms. The van der Waals surface area contributed by atoms with Crippen LogP contribution in [0.1, 0.15) is 94.0 Å². The molecule has 0 spiro atoms. The molecule has 348 valence electrons. The van der Waals surface area contributed by atoms with Gasteiger partial charge in [-0.1, -0.05) is 74.7 Å². The fourth-order valence-electron chi connectivity index (χ4n) is 7.60. The van der Waals surface area contributed by atoms with Crippen LogP contribution in [0.4, 0.5) is 0 Å². The first-order valence-electron chi connectivity index (χ1n) is 21.6. The number of ether oxygens (including phenoxy) is 2. The highest BCUT2D eigenvalue weighted by Crippen LogP contribution is 2.27. The van der Waals surface area contributed by atoms with E-state index in [1.54, 1.807) is 42.5 Å². The number of carbonyl (C=O) groups excluding carboxylic acids is 7. The number of hydrogen-bond acceptors (Lipinski definition) is 12. The molecule has 2 aliphatic rings. The second kappa shape index (κ2) is 25.5. The molecule has 2 heterocycles. The normalized spacial score (nSPS) is 17.9. The summed E-state index contributed by atoms with van der Waals surface area (Å²) >= 11 is 0. The number of benzene rings is 2. The number of nitrogens with one attached hydrogen (secondary N) is 4. The van der Waals surface area contributed by atoms with Crippen LogP contribution in [-0.4, -0.2) is 125 Å². The van der Waals surface area contributed by atoms with Crippen molar-refractivity contribution in [2.24, 2.45) is 16.6 Å². The van der Waals surface area contributed by atoms with Crippen LogP contribution in [0.15, 0.2) is 65.8 Å². The summed E-state index contributed by atoms with van der Waals surface area (Å²) in [6.07, 6.45) is 2.97. The molecule has 2 aromatic rings. The number of nitro groups is 1. The number of esters is 2. The SMILES string of the molecule is CCCCCC(NC(=O)C(NC(=O)CN)C(C)OC(=O)c1ccccc1)C(=O)N1CCCC1C(=O)N1CCCC1C(=O)NC(CCCNC(N)=N[N+](=O)[O-])C(=O)OCc1ccccc1. The minimum absolute atomic E-state index is 0.0554. The Hall–Kier alpha value is -6.64. The minimum atomic E-state index is -1.42. The molecular weight excluding hydrogens is 833 g/mol. The maximum Gasteiger partial charge on any atom is 0.338 e. The minimum Gasteiger partial charge on any atom is -0.459 e. The number of likely N-dealkylation sites (tertiary alicyclic amines) is 2. The zero-order chi connectivity index (χ0) is 46.6. The highest BCUT2D eigenvalue weighted by molar-refractivity contribution is 5.97. The van der Waals surface area contributed by atoms with Crippen molar-refractivity contribution in [3.05, 3.63) is 81.9 Å². The number of nitrogens with two attached hydrogens (primary N) is 2. The van der Waals surface area contributed by atoms with Crippen LogP contribution in [0.25, 0.3) is 0 Å². The molecular formula is C43H60N10O11. The van der Waals surface area contributed by atoms with Crippen LogP contribution < -0.4 is 32.7 Å². The largest absolute Gasteiger partial charge is 0.459 e. The molecule has 0 aromatic heterocycles. The fraction of sp³-hybridized carbons (Fsp3) is 0.535. The average molecular weight is 893 g/mol. The second-order valence-electron chi connectivity index (χ2n) is 15.6. The standard InChI is InChI=1S/C43H60N10O11/c1-3-4-7-19-31(47-38(56)36(49-35(54)26-44)28(2)64-41(59)30-17-10-6-11-18-30)39(57)52-25-14-22-34(52)40(58)51-24-13-21-33(51)37(55)48-32(20-12-23-46-43(45)50-53(61)62)42(60)63-27-29-15-8-5-9-16-29/h5-6,8-11,15-18,28,31-34,36H,3-4,7,12-14,19-27,44H2,1-2H3,(H,47,56)(H,48,55)(H,49,54)(H3,45,46,50). The quantitative estimate of drug-likeness (QED) is 0.0225. The molecule has 2 aliphatic heterocycles. The van der Waals surface area contributed by atoms with E-state index in [-0.39, 0.29) is 57.5 Å². The Kier molecular flexibility index (Phi) is 19.9. The number of hydrazone groups is 1. The maximum atomic E-state index is 14.4. The molecule has 8 N–H and O–H groups in total. The monoisotopic (exact) mass is 892 g/mol. The Balaban J connectivity index is 1.47. The van der Waals surface area contributed by atoms with E-state index < -0.39 is 95.3 Å². The van der Waals surface area contributed by atoms with E-state index in [9.17, 15) is 43.7 Å². The first-order chi connectivity index (χ1) is 30.7. The number of amides is 5. The van der Waals surface area contributed by atoms with Crippen molar-refractivity contribution in [2.45, 2.75) is 121 Å². The van der Waals surface area contributed by atoms with Gasteiger partial charge >= 0.3 is 11.9 Å². The number of unbranched alkanes of at least 4 members (excludes halogenated alkanes) is 2. The molecule has 6 unspecified atom stereocenters. The van der Waals surface area contributed by atoms with E-state index in [1.807, 2.05) is 13.0 Å². The van der Waals surface area contributed by atoms with Gasteiger partial charge < -0.3 is 52.0 Å². The number of guanidine groups is 1. The Morgan fingerprint density at radius 1 is 0.859 bits per heavy atom. The summed E-state index contributed by atoms with van der Waals surface area (Å²) in [6, 6.07) is 11.4. The van der Waals surface area contributed by atoms with Crippen molar-refractivity contribution in [1.29, 1.82) is 0 Å². The summed E-state index contributed by atoms with van der Waals surface area (Å²) in [7, 11) is 0. The molecule has 0 bridgehead atoms. The van der Waals surface area contributed by atoms with Crippen molar-refractivity contribution in [3.8, 4) is 0 Å². The first kappa shape index (κ1) is 50.0. The third-order valence-corrected chi connectivity index (χ3v) is 10.9. The Morgan fingerprint density at radius 3 is 2.16 bits per heavy atom. The smallest absolute Gasteiger partial charge is 0.338 e. The molecule has 64 heavy (non-hydrogen) atoms. The summed E-state index contributed by atoms with van der Waals surface area (Å²) in [4.78, 5) is 109. The van der Waals surface area contributed by atoms with Crippen molar-refractivity contribution < 1.29 is 48.1 Å². The Morgan fingerprint density at radius 2 is 1.50 bits per heavy atom. The van der Waals surface area contributed by atoms with Gasteiger partial charge in [-0.05, 0) is 69.6 Å². The van der Waals surface area contributed by atoms with Crippen molar-refractivity contribution in [2.75, 3.05) is 26.2 Å². The van der Waals surface area contributed by atoms with Gasteiger partial charge in [0.15, 0.2) is 5.03 Å². The molecule has 5 amide bonds. The topological polar surface area (TPSA) is 300 Å². The lowest BCUT2D eigenvalue weighted by molar-refractivity contribution is -0.485. The van der Waals surface area contributed by atoms with Gasteiger partial charge in [0, 0.05) is 19.6 Å². The third kappa shape index (κ3) is 15.0. The molecule has 0 saturated carbocycles. The molecule has 2 saturated heterocycles. The van der Waals surface area contributed by atoms with Gasteiger partial charge in [0.25, 0.3) is 5.96 Å².